The molecule has 1 aliphatic heterocycles. The number of nitriles is 2. The van der Waals surface area contributed by atoms with Crippen molar-refractivity contribution in [2.24, 2.45) is 21.6 Å². The third kappa shape index (κ3) is 1.90. The molecule has 3 atom stereocenters. The number of nitrogens with two attached hydrogens (primary N) is 1. The van der Waals surface area contributed by atoms with Crippen molar-refractivity contribution in [2.45, 2.75) is 32.6 Å². The lowest BCUT2D eigenvalue weighted by Gasteiger charge is -2.31. The summed E-state index contributed by atoms with van der Waals surface area (Å²) in [5.74, 6) is -1.47. The first-order chi connectivity index (χ1) is 12.5. The molecule has 1 saturated carbocycles. The number of rotatable bonds is 7. The molecule has 0 amide bonds. The first-order valence-corrected chi connectivity index (χ1v) is 8.73. The second-order valence-corrected chi connectivity index (χ2v) is 6.19. The molecule has 0 radical (unpaired) electrons. The second-order valence-electron chi connectivity index (χ2n) is 6.19. The summed E-state index contributed by atoms with van der Waals surface area (Å²) in [6.45, 7) is 6.45. The van der Waals surface area contributed by atoms with Crippen LogP contribution in [0.25, 0.3) is 0 Å². The Morgan fingerprint density at radius 2 is 1.73 bits per heavy atom. The molecule has 7 nitrogen and oxygen atoms in total. The molecule has 2 N–H and O–H groups in total. The van der Waals surface area contributed by atoms with E-state index in [1.165, 1.54) is 0 Å². The Labute approximate surface area is 153 Å². The van der Waals surface area contributed by atoms with Crippen LogP contribution in [0.1, 0.15) is 32.3 Å². The van der Waals surface area contributed by atoms with Gasteiger partial charge >= 0.3 is 0 Å². The van der Waals surface area contributed by atoms with Crippen molar-refractivity contribution in [2.75, 3.05) is 19.8 Å². The summed E-state index contributed by atoms with van der Waals surface area (Å²) >= 11 is 0. The minimum absolute atomic E-state index is 0.0692. The van der Waals surface area contributed by atoms with E-state index in [0.717, 1.165) is 5.56 Å². The molecule has 7 heteroatoms. The molecule has 136 valence electrons. The number of fused-ring (bicyclic) bond motifs is 1. The topological polar surface area (TPSA) is 114 Å². The molecule has 26 heavy (non-hydrogen) atoms. The van der Waals surface area contributed by atoms with Crippen LogP contribution >= 0.6 is 0 Å². The van der Waals surface area contributed by atoms with Gasteiger partial charge in [0.2, 0.25) is 0 Å². The minimum atomic E-state index is -1.60. The molecule has 0 saturated heterocycles. The van der Waals surface area contributed by atoms with E-state index in [2.05, 4.69) is 17.1 Å². The van der Waals surface area contributed by atoms with Gasteiger partial charge in [-0.15, -0.1) is 0 Å². The highest BCUT2D eigenvalue weighted by Gasteiger charge is 2.94. The van der Waals surface area contributed by atoms with Crippen molar-refractivity contribution in [3.8, 4) is 17.9 Å². The van der Waals surface area contributed by atoms with Gasteiger partial charge in [0.15, 0.2) is 5.41 Å². The lowest BCUT2D eigenvalue weighted by atomic mass is 9.93. The van der Waals surface area contributed by atoms with Gasteiger partial charge in [-0.25, -0.2) is 4.99 Å². The Balaban J connectivity index is 2.23. The van der Waals surface area contributed by atoms with Crippen LogP contribution in [0.5, 0.6) is 5.75 Å². The third-order valence-electron chi connectivity index (χ3n) is 5.14. The quantitative estimate of drug-likeness (QED) is 0.752. The highest BCUT2D eigenvalue weighted by molar-refractivity contribution is 6.00. The Kier molecular flexibility index (Phi) is 4.39. The summed E-state index contributed by atoms with van der Waals surface area (Å²) in [4.78, 5) is 4.33. The normalized spacial score (nSPS) is 30.7. The van der Waals surface area contributed by atoms with E-state index in [-0.39, 0.29) is 19.0 Å². The Bertz CT molecular complexity index is 819. The predicted octanol–water partition coefficient (Wildman–Crippen LogP) is 2.30. The van der Waals surface area contributed by atoms with Gasteiger partial charge < -0.3 is 19.9 Å². The van der Waals surface area contributed by atoms with E-state index in [4.69, 9.17) is 19.9 Å². The maximum atomic E-state index is 10.2. The van der Waals surface area contributed by atoms with E-state index < -0.39 is 22.7 Å². The predicted molar refractivity (Wildman–Crippen MR) is 94.0 cm³/mol. The lowest BCUT2D eigenvalue weighted by Crippen LogP contribution is -2.43. The van der Waals surface area contributed by atoms with Crippen LogP contribution in [0.15, 0.2) is 29.3 Å². The third-order valence-corrected chi connectivity index (χ3v) is 5.14. The molecule has 0 unspecified atom stereocenters. The monoisotopic (exact) mass is 354 g/mol. The van der Waals surface area contributed by atoms with Crippen LogP contribution in [-0.2, 0) is 9.47 Å². The lowest BCUT2D eigenvalue weighted by molar-refractivity contribution is -0.255. The smallest absolute Gasteiger partial charge is 0.293 e. The highest BCUT2D eigenvalue weighted by atomic mass is 16.7. The molecule has 0 aromatic heterocycles. The summed E-state index contributed by atoms with van der Waals surface area (Å²) in [5, 5.41) is 20.2. The van der Waals surface area contributed by atoms with Crippen molar-refractivity contribution in [1.82, 2.24) is 0 Å². The molecule has 1 fully saturated rings. The van der Waals surface area contributed by atoms with Crippen LogP contribution in [0, 0.1) is 33.5 Å². The number of hydrogen-bond acceptors (Lipinski definition) is 7. The molecule has 1 aromatic rings. The van der Waals surface area contributed by atoms with Crippen LogP contribution in [0.2, 0.25) is 0 Å². The van der Waals surface area contributed by atoms with Crippen molar-refractivity contribution in [3.05, 3.63) is 29.8 Å². The Morgan fingerprint density at radius 1 is 1.08 bits per heavy atom. The van der Waals surface area contributed by atoms with Gasteiger partial charge in [-0.05, 0) is 26.8 Å². The van der Waals surface area contributed by atoms with Crippen LogP contribution in [-0.4, -0.2) is 31.6 Å². The van der Waals surface area contributed by atoms with Crippen LogP contribution < -0.4 is 10.5 Å². The van der Waals surface area contributed by atoms with Crippen LogP contribution in [0.4, 0.5) is 0 Å². The van der Waals surface area contributed by atoms with Crippen molar-refractivity contribution in [3.63, 3.8) is 0 Å². The summed E-state index contributed by atoms with van der Waals surface area (Å²) in [6, 6.07) is 11.9. The fourth-order valence-electron chi connectivity index (χ4n) is 4.22. The average molecular weight is 354 g/mol. The number of benzene rings is 1. The molecule has 0 spiro atoms. The van der Waals surface area contributed by atoms with Gasteiger partial charge in [-0.3, -0.25) is 0 Å². The number of ether oxygens (including phenoxy) is 3. The number of aliphatic imine (C=N–C) groups is 1. The zero-order chi connectivity index (χ0) is 19.0. The molecular formula is C19H22N4O3. The van der Waals surface area contributed by atoms with Gasteiger partial charge in [0, 0.05) is 24.7 Å². The van der Waals surface area contributed by atoms with Gasteiger partial charge in [-0.2, -0.15) is 10.5 Å². The number of amidine groups is 1. The fraction of sp³-hybridized carbons (Fsp3) is 0.526. The molecule has 0 bridgehead atoms. The molecular weight excluding hydrogens is 332 g/mol. The van der Waals surface area contributed by atoms with Gasteiger partial charge in [0.1, 0.15) is 17.0 Å². The van der Waals surface area contributed by atoms with E-state index in [1.807, 2.05) is 31.2 Å². The maximum Gasteiger partial charge on any atom is 0.293 e. The van der Waals surface area contributed by atoms with Crippen molar-refractivity contribution < 1.29 is 14.2 Å². The SMILES string of the molecule is CCOc1ccccc1[C@H]1[C@]2(C#N)C(N)=NC(OCC)(OCC)[C@]12C#N. The molecule has 1 aromatic carbocycles. The molecule has 3 rings (SSSR count). The summed E-state index contributed by atoms with van der Waals surface area (Å²) < 4.78 is 17.4. The Morgan fingerprint density at radius 3 is 2.27 bits per heavy atom. The number of hydrogen-bond donors (Lipinski definition) is 1. The van der Waals surface area contributed by atoms with Crippen LogP contribution in [0.3, 0.4) is 0 Å². The van der Waals surface area contributed by atoms with E-state index in [1.54, 1.807) is 13.8 Å². The van der Waals surface area contributed by atoms with Crippen molar-refractivity contribution >= 4 is 5.84 Å². The summed E-state index contributed by atoms with van der Waals surface area (Å²) in [6.07, 6.45) is 0. The minimum Gasteiger partial charge on any atom is -0.494 e. The van der Waals surface area contributed by atoms with E-state index >= 15 is 0 Å². The van der Waals surface area contributed by atoms with E-state index in [0.29, 0.717) is 12.4 Å². The summed E-state index contributed by atoms with van der Waals surface area (Å²) in [7, 11) is 0. The Hall–Kier alpha value is -2.61. The largest absolute Gasteiger partial charge is 0.494 e. The fourth-order valence-corrected chi connectivity index (χ4v) is 4.22. The number of para-hydroxylation sites is 1. The van der Waals surface area contributed by atoms with Gasteiger partial charge in [-0.1, -0.05) is 18.2 Å². The average Bonchev–Trinajstić information content (AvgIpc) is 3.21. The molecule has 2 aliphatic rings. The van der Waals surface area contributed by atoms with Gasteiger partial charge in [0.25, 0.3) is 5.91 Å². The zero-order valence-electron chi connectivity index (χ0n) is 15.2. The van der Waals surface area contributed by atoms with Gasteiger partial charge in [0.05, 0.1) is 18.7 Å². The van der Waals surface area contributed by atoms with Crippen molar-refractivity contribution in [1.29, 1.82) is 10.5 Å². The maximum absolute atomic E-state index is 10.2. The summed E-state index contributed by atoms with van der Waals surface area (Å²) in [5.41, 5.74) is 4.26. The first-order valence-electron chi connectivity index (χ1n) is 8.73. The zero-order valence-corrected chi connectivity index (χ0v) is 15.2. The standard InChI is InChI=1S/C19H22N4O3/c1-4-24-14-10-8-7-9-13(14)15-17(11-20)16(22)23-19(25-5-2,26-6-3)18(15,17)12-21/h7-10,15H,4-6H2,1-3H3,(H2,22,23)/t15-,17+,18+/m0/s1. The van der Waals surface area contributed by atoms with E-state index in [9.17, 15) is 10.5 Å². The number of nitrogens with zero attached hydrogens (tertiary/aromatic N) is 3. The molecule has 1 aliphatic carbocycles. The highest BCUT2D eigenvalue weighted by Crippen LogP contribution is 2.82. The first kappa shape index (κ1) is 18.2. The second kappa shape index (κ2) is 6.28. The molecule has 1 heterocycles.